The van der Waals surface area contributed by atoms with Gasteiger partial charge in [-0.2, -0.15) is 0 Å². The van der Waals surface area contributed by atoms with E-state index in [0.29, 0.717) is 32.6 Å². The van der Waals surface area contributed by atoms with E-state index < -0.39 is 5.41 Å². The third kappa shape index (κ3) is 3.10. The van der Waals surface area contributed by atoms with Gasteiger partial charge in [-0.05, 0) is 19.8 Å². The van der Waals surface area contributed by atoms with Crippen LogP contribution in [0.5, 0.6) is 0 Å². The molecular formula is C12H17N3O2S2. The van der Waals surface area contributed by atoms with Crippen LogP contribution in [0.3, 0.4) is 0 Å². The molecule has 19 heavy (non-hydrogen) atoms. The van der Waals surface area contributed by atoms with E-state index in [1.165, 1.54) is 11.3 Å². The van der Waals surface area contributed by atoms with E-state index in [0.717, 1.165) is 10.7 Å². The van der Waals surface area contributed by atoms with Crippen LogP contribution in [0, 0.1) is 12.3 Å². The summed E-state index contributed by atoms with van der Waals surface area (Å²) in [5.41, 5.74) is 5.98. The summed E-state index contributed by atoms with van der Waals surface area (Å²) in [7, 11) is 0. The summed E-state index contributed by atoms with van der Waals surface area (Å²) in [4.78, 5) is 16.9. The fourth-order valence-electron chi connectivity index (χ4n) is 2.11. The second kappa shape index (κ2) is 5.94. The summed E-state index contributed by atoms with van der Waals surface area (Å²) in [6, 6.07) is 0. The SMILES string of the molecule is Cc1csc(CNC(=O)C2(C(N)=S)CCOCC2)n1. The number of nitrogens with two attached hydrogens (primary N) is 1. The number of amides is 1. The van der Waals surface area contributed by atoms with Crippen LogP contribution in [0.2, 0.25) is 0 Å². The van der Waals surface area contributed by atoms with Crippen molar-refractivity contribution < 1.29 is 9.53 Å². The molecule has 1 aromatic rings. The molecule has 1 aromatic heterocycles. The summed E-state index contributed by atoms with van der Waals surface area (Å²) < 4.78 is 5.29. The number of hydrogen-bond acceptors (Lipinski definition) is 5. The Labute approximate surface area is 121 Å². The predicted octanol–water partition coefficient (Wildman–Crippen LogP) is 1.15. The van der Waals surface area contributed by atoms with Crippen molar-refractivity contribution in [3.05, 3.63) is 16.1 Å². The predicted molar refractivity (Wildman–Crippen MR) is 78.0 cm³/mol. The van der Waals surface area contributed by atoms with Gasteiger partial charge in [0.05, 0.1) is 11.5 Å². The fourth-order valence-corrected chi connectivity index (χ4v) is 3.12. The zero-order chi connectivity index (χ0) is 13.9. The maximum atomic E-state index is 12.4. The number of rotatable bonds is 4. The molecule has 0 atom stereocenters. The third-order valence-corrected chi connectivity index (χ3v) is 4.68. The van der Waals surface area contributed by atoms with E-state index in [4.69, 9.17) is 22.7 Å². The Kier molecular flexibility index (Phi) is 4.49. The summed E-state index contributed by atoms with van der Waals surface area (Å²) >= 11 is 6.62. The molecule has 1 saturated heterocycles. The number of nitrogens with one attached hydrogen (secondary N) is 1. The van der Waals surface area contributed by atoms with Gasteiger partial charge in [0.15, 0.2) is 0 Å². The summed E-state index contributed by atoms with van der Waals surface area (Å²) in [6.07, 6.45) is 1.09. The lowest BCUT2D eigenvalue weighted by molar-refractivity contribution is -0.131. The highest BCUT2D eigenvalue weighted by Crippen LogP contribution is 2.31. The average molecular weight is 299 g/mol. The molecule has 7 heteroatoms. The second-order valence-corrected chi connectivity index (χ2v) is 6.01. The van der Waals surface area contributed by atoms with Crippen molar-refractivity contribution in [1.82, 2.24) is 10.3 Å². The largest absolute Gasteiger partial charge is 0.392 e. The van der Waals surface area contributed by atoms with Crippen molar-refractivity contribution in [3.63, 3.8) is 0 Å². The maximum absolute atomic E-state index is 12.4. The first-order valence-electron chi connectivity index (χ1n) is 6.11. The molecule has 0 radical (unpaired) electrons. The normalized spacial score (nSPS) is 17.9. The van der Waals surface area contributed by atoms with Crippen molar-refractivity contribution in [2.45, 2.75) is 26.3 Å². The van der Waals surface area contributed by atoms with Crippen molar-refractivity contribution in [2.24, 2.45) is 11.1 Å². The van der Waals surface area contributed by atoms with Crippen LogP contribution in [-0.4, -0.2) is 29.1 Å². The lowest BCUT2D eigenvalue weighted by Gasteiger charge is -2.34. The number of ether oxygens (including phenoxy) is 1. The van der Waals surface area contributed by atoms with E-state index in [1.54, 1.807) is 0 Å². The van der Waals surface area contributed by atoms with Gasteiger partial charge in [0.1, 0.15) is 10.4 Å². The van der Waals surface area contributed by atoms with Crippen LogP contribution in [0.25, 0.3) is 0 Å². The standard InChI is InChI=1S/C12H17N3O2S2/c1-8-7-19-9(15-8)6-14-11(16)12(10(13)18)2-4-17-5-3-12/h7H,2-6H2,1H3,(H2,13,18)(H,14,16). The Bertz CT molecular complexity index is 481. The molecule has 0 aliphatic carbocycles. The van der Waals surface area contributed by atoms with Gasteiger partial charge >= 0.3 is 0 Å². The quantitative estimate of drug-likeness (QED) is 0.816. The van der Waals surface area contributed by atoms with Gasteiger partial charge in [0.25, 0.3) is 0 Å². The number of hydrogen-bond donors (Lipinski definition) is 2. The lowest BCUT2D eigenvalue weighted by Crippen LogP contribution is -2.51. The van der Waals surface area contributed by atoms with Crippen LogP contribution in [0.1, 0.15) is 23.5 Å². The summed E-state index contributed by atoms with van der Waals surface area (Å²) in [5, 5.41) is 5.73. The van der Waals surface area contributed by atoms with Crippen LogP contribution in [0.15, 0.2) is 5.38 Å². The molecule has 3 N–H and O–H groups in total. The van der Waals surface area contributed by atoms with E-state index in [9.17, 15) is 4.79 Å². The van der Waals surface area contributed by atoms with Gasteiger partial charge in [0.2, 0.25) is 5.91 Å². The van der Waals surface area contributed by atoms with E-state index >= 15 is 0 Å². The van der Waals surface area contributed by atoms with E-state index in [-0.39, 0.29) is 10.9 Å². The van der Waals surface area contributed by atoms with Gasteiger partial charge in [-0.3, -0.25) is 4.79 Å². The first kappa shape index (κ1) is 14.4. The monoisotopic (exact) mass is 299 g/mol. The Hall–Kier alpha value is -1.05. The highest BCUT2D eigenvalue weighted by atomic mass is 32.1. The Morgan fingerprint density at radius 2 is 2.32 bits per heavy atom. The number of carbonyl (C=O) groups is 1. The number of aromatic nitrogens is 1. The Balaban J connectivity index is 2.02. The van der Waals surface area contributed by atoms with Crippen LogP contribution in [0.4, 0.5) is 0 Å². The van der Waals surface area contributed by atoms with Gasteiger partial charge < -0.3 is 15.8 Å². The number of thiocarbonyl (C=S) groups is 1. The molecule has 1 aliphatic heterocycles. The molecule has 1 amide bonds. The van der Waals surface area contributed by atoms with Crippen LogP contribution < -0.4 is 11.1 Å². The molecule has 0 spiro atoms. The molecule has 0 saturated carbocycles. The zero-order valence-corrected chi connectivity index (χ0v) is 12.4. The van der Waals surface area contributed by atoms with Gasteiger partial charge in [-0.1, -0.05) is 12.2 Å². The second-order valence-electron chi connectivity index (χ2n) is 4.62. The van der Waals surface area contributed by atoms with Crippen LogP contribution in [-0.2, 0) is 16.1 Å². The minimum Gasteiger partial charge on any atom is -0.392 e. The molecule has 0 unspecified atom stereocenters. The molecule has 2 heterocycles. The highest BCUT2D eigenvalue weighted by Gasteiger charge is 2.42. The first-order valence-corrected chi connectivity index (χ1v) is 7.40. The number of carbonyl (C=O) groups excluding carboxylic acids is 1. The van der Waals surface area contributed by atoms with Gasteiger partial charge in [-0.15, -0.1) is 11.3 Å². The number of nitrogens with zero attached hydrogens (tertiary/aromatic N) is 1. The summed E-state index contributed by atoms with van der Waals surface area (Å²) in [5.74, 6) is -0.115. The van der Waals surface area contributed by atoms with Gasteiger partial charge in [-0.25, -0.2) is 4.98 Å². The highest BCUT2D eigenvalue weighted by molar-refractivity contribution is 7.80. The Morgan fingerprint density at radius 1 is 1.63 bits per heavy atom. The van der Waals surface area contributed by atoms with Crippen molar-refractivity contribution in [3.8, 4) is 0 Å². The lowest BCUT2D eigenvalue weighted by atomic mass is 9.79. The smallest absolute Gasteiger partial charge is 0.233 e. The van der Waals surface area contributed by atoms with Crippen molar-refractivity contribution in [2.75, 3.05) is 13.2 Å². The van der Waals surface area contributed by atoms with Crippen molar-refractivity contribution in [1.29, 1.82) is 0 Å². The number of thiazole rings is 1. The number of aryl methyl sites for hydroxylation is 1. The summed E-state index contributed by atoms with van der Waals surface area (Å²) in [6.45, 7) is 3.38. The maximum Gasteiger partial charge on any atom is 0.233 e. The molecule has 5 nitrogen and oxygen atoms in total. The molecule has 0 aromatic carbocycles. The average Bonchev–Trinajstić information content (AvgIpc) is 2.82. The zero-order valence-electron chi connectivity index (χ0n) is 10.8. The molecule has 104 valence electrons. The molecule has 1 fully saturated rings. The third-order valence-electron chi connectivity index (χ3n) is 3.32. The Morgan fingerprint density at radius 3 is 2.84 bits per heavy atom. The first-order chi connectivity index (χ1) is 9.04. The molecule has 1 aliphatic rings. The minimum absolute atomic E-state index is 0.115. The molecule has 2 rings (SSSR count). The fraction of sp³-hybridized carbons (Fsp3) is 0.583. The van der Waals surface area contributed by atoms with Crippen LogP contribution >= 0.6 is 23.6 Å². The molecule has 0 bridgehead atoms. The topological polar surface area (TPSA) is 77.2 Å². The van der Waals surface area contributed by atoms with E-state index in [1.807, 2.05) is 12.3 Å². The van der Waals surface area contributed by atoms with E-state index in [2.05, 4.69) is 10.3 Å². The molecular weight excluding hydrogens is 282 g/mol. The van der Waals surface area contributed by atoms with Crippen molar-refractivity contribution >= 4 is 34.5 Å². The van der Waals surface area contributed by atoms with Gasteiger partial charge in [0, 0.05) is 24.3 Å². The minimum atomic E-state index is -0.764.